The van der Waals surface area contributed by atoms with Crippen LogP contribution in [0.3, 0.4) is 0 Å². The molecule has 1 saturated heterocycles. The first-order valence-corrected chi connectivity index (χ1v) is 9.55. The van der Waals surface area contributed by atoms with Gasteiger partial charge < -0.3 is 24.7 Å². The summed E-state index contributed by atoms with van der Waals surface area (Å²) in [5.74, 6) is 0.0694. The van der Waals surface area contributed by atoms with Crippen molar-refractivity contribution < 1.29 is 23.5 Å². The molecule has 8 heteroatoms. The zero-order chi connectivity index (χ0) is 20.6. The third-order valence-electron chi connectivity index (χ3n) is 4.99. The lowest BCUT2D eigenvalue weighted by Gasteiger charge is -2.31. The Morgan fingerprint density at radius 1 is 1.10 bits per heavy atom. The molecule has 3 rings (SSSR count). The Morgan fingerprint density at radius 3 is 2.45 bits per heavy atom. The van der Waals surface area contributed by atoms with Crippen molar-refractivity contribution in [3.05, 3.63) is 54.0 Å². The van der Waals surface area contributed by atoms with Crippen LogP contribution in [0.2, 0.25) is 0 Å². The maximum atomic E-state index is 12.3. The number of nitrogens with zero attached hydrogens (tertiary/aromatic N) is 1. The first kappa shape index (κ1) is 20.4. The molecule has 1 aromatic carbocycles. The number of carbonyl (C=O) groups is 3. The molecule has 0 radical (unpaired) electrons. The number of carbonyl (C=O) groups excluding carboxylic acids is 3. The van der Waals surface area contributed by atoms with E-state index in [0.717, 1.165) is 11.3 Å². The maximum Gasteiger partial charge on any atom is 0.257 e. The summed E-state index contributed by atoms with van der Waals surface area (Å²) >= 11 is 0. The Kier molecular flexibility index (Phi) is 6.89. The van der Waals surface area contributed by atoms with Gasteiger partial charge in [-0.25, -0.2) is 0 Å². The molecular weight excluding hydrogens is 374 g/mol. The summed E-state index contributed by atoms with van der Waals surface area (Å²) < 4.78 is 10.0. The molecule has 2 heterocycles. The van der Waals surface area contributed by atoms with E-state index in [1.165, 1.54) is 12.5 Å². The second-order valence-electron chi connectivity index (χ2n) is 6.92. The zero-order valence-corrected chi connectivity index (χ0v) is 16.3. The molecule has 0 saturated carbocycles. The van der Waals surface area contributed by atoms with E-state index >= 15 is 0 Å². The average Bonchev–Trinajstić information content (AvgIpc) is 3.31. The Hall–Kier alpha value is -3.29. The standard InChI is InChI=1S/C21H25N3O5/c1-28-18-4-2-15(3-5-18)12-22-19(25)13-23-20(26)16-6-9-24(10-7-16)21(27)17-8-11-29-14-17/h2-5,8,11,14,16H,6-7,9-10,12-13H2,1H3,(H,22,25)(H,23,26). The molecule has 0 bridgehead atoms. The number of furan rings is 1. The summed E-state index contributed by atoms with van der Waals surface area (Å²) in [4.78, 5) is 38.3. The number of likely N-dealkylation sites (tertiary alicyclic amines) is 1. The number of benzene rings is 1. The average molecular weight is 399 g/mol. The lowest BCUT2D eigenvalue weighted by Crippen LogP contribution is -2.45. The van der Waals surface area contributed by atoms with Gasteiger partial charge in [-0.05, 0) is 36.6 Å². The van der Waals surface area contributed by atoms with Gasteiger partial charge in [0.05, 0.1) is 25.5 Å². The van der Waals surface area contributed by atoms with Crippen LogP contribution in [0, 0.1) is 5.92 Å². The minimum Gasteiger partial charge on any atom is -0.497 e. The summed E-state index contributed by atoms with van der Waals surface area (Å²) in [5.41, 5.74) is 1.46. The molecule has 2 aromatic rings. The van der Waals surface area contributed by atoms with Gasteiger partial charge >= 0.3 is 0 Å². The van der Waals surface area contributed by atoms with Crippen molar-refractivity contribution in [2.24, 2.45) is 5.92 Å². The molecule has 0 atom stereocenters. The largest absolute Gasteiger partial charge is 0.497 e. The lowest BCUT2D eigenvalue weighted by molar-refractivity contribution is -0.129. The van der Waals surface area contributed by atoms with E-state index in [4.69, 9.17) is 9.15 Å². The molecule has 29 heavy (non-hydrogen) atoms. The van der Waals surface area contributed by atoms with Gasteiger partial charge in [-0.2, -0.15) is 0 Å². The number of hydrogen-bond acceptors (Lipinski definition) is 5. The number of nitrogens with one attached hydrogen (secondary N) is 2. The Morgan fingerprint density at radius 2 is 1.83 bits per heavy atom. The van der Waals surface area contributed by atoms with Crippen molar-refractivity contribution in [2.75, 3.05) is 26.7 Å². The van der Waals surface area contributed by atoms with Crippen LogP contribution in [0.15, 0.2) is 47.3 Å². The fraction of sp³-hybridized carbons (Fsp3) is 0.381. The molecule has 8 nitrogen and oxygen atoms in total. The Labute approximate surface area is 169 Å². The highest BCUT2D eigenvalue weighted by atomic mass is 16.5. The van der Waals surface area contributed by atoms with Gasteiger partial charge in [-0.3, -0.25) is 14.4 Å². The Bertz CT molecular complexity index is 825. The maximum absolute atomic E-state index is 12.3. The second-order valence-corrected chi connectivity index (χ2v) is 6.92. The molecule has 154 valence electrons. The van der Waals surface area contributed by atoms with E-state index in [1.54, 1.807) is 18.1 Å². The monoisotopic (exact) mass is 399 g/mol. The van der Waals surface area contributed by atoms with E-state index in [9.17, 15) is 14.4 Å². The lowest BCUT2D eigenvalue weighted by atomic mass is 9.95. The van der Waals surface area contributed by atoms with Crippen LogP contribution in [0.5, 0.6) is 5.75 Å². The molecule has 1 aliphatic heterocycles. The van der Waals surface area contributed by atoms with Crippen LogP contribution >= 0.6 is 0 Å². The van der Waals surface area contributed by atoms with Crippen molar-refractivity contribution in [3.8, 4) is 5.75 Å². The SMILES string of the molecule is COc1ccc(CNC(=O)CNC(=O)C2CCN(C(=O)c3ccoc3)CC2)cc1. The van der Waals surface area contributed by atoms with Gasteiger partial charge in [0.1, 0.15) is 12.0 Å². The van der Waals surface area contributed by atoms with E-state index in [0.29, 0.717) is 38.0 Å². The van der Waals surface area contributed by atoms with Crippen molar-refractivity contribution >= 4 is 17.7 Å². The first-order chi connectivity index (χ1) is 14.1. The summed E-state index contributed by atoms with van der Waals surface area (Å²) in [6, 6.07) is 9.03. The van der Waals surface area contributed by atoms with Gasteiger partial charge in [0.15, 0.2) is 0 Å². The number of amides is 3. The fourth-order valence-corrected chi connectivity index (χ4v) is 3.23. The summed E-state index contributed by atoms with van der Waals surface area (Å²) in [6.45, 7) is 1.33. The topological polar surface area (TPSA) is 101 Å². The molecule has 3 amide bonds. The van der Waals surface area contributed by atoms with E-state index < -0.39 is 0 Å². The van der Waals surface area contributed by atoms with E-state index in [2.05, 4.69) is 10.6 Å². The predicted molar refractivity (Wildman–Crippen MR) is 105 cm³/mol. The highest BCUT2D eigenvalue weighted by Gasteiger charge is 2.28. The highest BCUT2D eigenvalue weighted by Crippen LogP contribution is 2.19. The van der Waals surface area contributed by atoms with Gasteiger partial charge in [-0.15, -0.1) is 0 Å². The van der Waals surface area contributed by atoms with Crippen LogP contribution in [0.25, 0.3) is 0 Å². The van der Waals surface area contributed by atoms with Crippen molar-refractivity contribution in [1.82, 2.24) is 15.5 Å². The number of rotatable bonds is 7. The van der Waals surface area contributed by atoms with Gasteiger partial charge in [-0.1, -0.05) is 12.1 Å². The van der Waals surface area contributed by atoms with Gasteiger partial charge in [0.25, 0.3) is 5.91 Å². The minimum atomic E-state index is -0.248. The molecule has 0 unspecified atom stereocenters. The number of hydrogen-bond donors (Lipinski definition) is 2. The second kappa shape index (κ2) is 9.77. The molecule has 0 spiro atoms. The molecule has 0 aliphatic carbocycles. The predicted octanol–water partition coefficient (Wildman–Crippen LogP) is 1.57. The first-order valence-electron chi connectivity index (χ1n) is 9.55. The molecule has 1 aliphatic rings. The van der Waals surface area contributed by atoms with Crippen LogP contribution in [-0.4, -0.2) is 49.4 Å². The van der Waals surface area contributed by atoms with Crippen molar-refractivity contribution in [1.29, 1.82) is 0 Å². The minimum absolute atomic E-state index is 0.0663. The number of methoxy groups -OCH3 is 1. The fourth-order valence-electron chi connectivity index (χ4n) is 3.23. The van der Waals surface area contributed by atoms with Gasteiger partial charge in [0.2, 0.25) is 11.8 Å². The summed E-state index contributed by atoms with van der Waals surface area (Å²) in [6.07, 6.45) is 4.03. The number of piperidine rings is 1. The van der Waals surface area contributed by atoms with Crippen LogP contribution in [0.4, 0.5) is 0 Å². The highest BCUT2D eigenvalue weighted by molar-refractivity contribution is 5.94. The van der Waals surface area contributed by atoms with E-state index in [1.807, 2.05) is 24.3 Å². The molecular formula is C21H25N3O5. The third kappa shape index (κ3) is 5.60. The molecule has 1 fully saturated rings. The normalized spacial score (nSPS) is 14.3. The van der Waals surface area contributed by atoms with Crippen LogP contribution in [0.1, 0.15) is 28.8 Å². The summed E-state index contributed by atoms with van der Waals surface area (Å²) in [7, 11) is 1.60. The Balaban J connectivity index is 1.36. The van der Waals surface area contributed by atoms with Crippen molar-refractivity contribution in [3.63, 3.8) is 0 Å². The van der Waals surface area contributed by atoms with Crippen LogP contribution in [-0.2, 0) is 16.1 Å². The van der Waals surface area contributed by atoms with Gasteiger partial charge in [0, 0.05) is 25.6 Å². The summed E-state index contributed by atoms with van der Waals surface area (Å²) in [5, 5.41) is 5.46. The molecule has 2 N–H and O–H groups in total. The molecule has 1 aromatic heterocycles. The third-order valence-corrected chi connectivity index (χ3v) is 4.99. The van der Waals surface area contributed by atoms with E-state index in [-0.39, 0.29) is 30.2 Å². The quantitative estimate of drug-likeness (QED) is 0.736. The van der Waals surface area contributed by atoms with Crippen LogP contribution < -0.4 is 15.4 Å². The zero-order valence-electron chi connectivity index (χ0n) is 16.3. The number of ether oxygens (including phenoxy) is 1. The smallest absolute Gasteiger partial charge is 0.257 e. The van der Waals surface area contributed by atoms with Crippen molar-refractivity contribution in [2.45, 2.75) is 19.4 Å².